The van der Waals surface area contributed by atoms with E-state index in [0.29, 0.717) is 17.0 Å². The molecule has 2 aromatic rings. The maximum Gasteiger partial charge on any atom is 0.259 e. The van der Waals surface area contributed by atoms with Crippen LogP contribution in [0.25, 0.3) is 10.2 Å². The second kappa shape index (κ2) is 9.89. The number of piperidine rings is 1. The van der Waals surface area contributed by atoms with E-state index in [4.69, 9.17) is 0 Å². The smallest absolute Gasteiger partial charge is 0.259 e. The fourth-order valence-corrected chi connectivity index (χ4v) is 5.32. The molecule has 3 heterocycles. The molecule has 0 aliphatic carbocycles. The van der Waals surface area contributed by atoms with Crippen LogP contribution in [0.4, 0.5) is 0 Å². The summed E-state index contributed by atoms with van der Waals surface area (Å²) in [7, 11) is 0. The maximum atomic E-state index is 12.3. The number of aryl methyl sites for hydroxylation is 2. The minimum Gasteiger partial charge on any atom is -0.355 e. The van der Waals surface area contributed by atoms with Crippen LogP contribution in [0.5, 0.6) is 0 Å². The van der Waals surface area contributed by atoms with Gasteiger partial charge in [0.2, 0.25) is 5.91 Å². The first-order valence-corrected chi connectivity index (χ1v) is 11.9. The molecule has 2 N–H and O–H groups in total. The molecule has 0 bridgehead atoms. The Hall–Kier alpha value is -1.38. The summed E-state index contributed by atoms with van der Waals surface area (Å²) in [5.41, 5.74) is 0.919. The Kier molecular flexibility index (Phi) is 7.54. The van der Waals surface area contributed by atoms with Crippen LogP contribution in [0.3, 0.4) is 0 Å². The van der Waals surface area contributed by atoms with Gasteiger partial charge in [-0.05, 0) is 65.2 Å². The molecule has 154 valence electrons. The van der Waals surface area contributed by atoms with Crippen LogP contribution < -0.4 is 10.9 Å². The van der Waals surface area contributed by atoms with Gasteiger partial charge in [0.05, 0.1) is 16.4 Å². The summed E-state index contributed by atoms with van der Waals surface area (Å²) in [5.74, 6) is 1.20. The average Bonchev–Trinajstić information content (AvgIpc) is 2.98. The van der Waals surface area contributed by atoms with E-state index in [1.54, 1.807) is 11.3 Å². The van der Waals surface area contributed by atoms with Crippen molar-refractivity contribution in [2.24, 2.45) is 0 Å². The van der Waals surface area contributed by atoms with Crippen molar-refractivity contribution in [1.82, 2.24) is 20.2 Å². The summed E-state index contributed by atoms with van der Waals surface area (Å²) in [5, 5.41) is 3.55. The van der Waals surface area contributed by atoms with Gasteiger partial charge in [-0.25, -0.2) is 4.98 Å². The van der Waals surface area contributed by atoms with Crippen molar-refractivity contribution < 1.29 is 4.79 Å². The predicted octanol–water partition coefficient (Wildman–Crippen LogP) is 3.22. The lowest BCUT2D eigenvalue weighted by molar-refractivity contribution is -0.120. The molecule has 1 aliphatic rings. The second-order valence-corrected chi connectivity index (χ2v) is 10.0. The highest BCUT2D eigenvalue weighted by atomic mass is 32.2. The number of fused-ring (bicyclic) bond motifs is 1. The van der Waals surface area contributed by atoms with Crippen molar-refractivity contribution in [2.45, 2.75) is 57.5 Å². The number of carbonyl (C=O) groups excluding carboxylic acids is 1. The molecule has 0 aromatic carbocycles. The molecule has 1 atom stereocenters. The summed E-state index contributed by atoms with van der Waals surface area (Å²) in [6.45, 7) is 10.0. The average molecular weight is 423 g/mol. The molecule has 1 fully saturated rings. The van der Waals surface area contributed by atoms with Gasteiger partial charge in [-0.3, -0.25) is 9.59 Å². The van der Waals surface area contributed by atoms with E-state index in [1.807, 2.05) is 20.8 Å². The zero-order valence-electron chi connectivity index (χ0n) is 17.0. The van der Waals surface area contributed by atoms with Gasteiger partial charge in [0, 0.05) is 11.4 Å². The van der Waals surface area contributed by atoms with Crippen LogP contribution in [-0.4, -0.2) is 52.2 Å². The number of carbonyl (C=O) groups is 1. The number of hydrogen-bond donors (Lipinski definition) is 2. The largest absolute Gasteiger partial charge is 0.355 e. The van der Waals surface area contributed by atoms with Crippen molar-refractivity contribution in [3.63, 3.8) is 0 Å². The van der Waals surface area contributed by atoms with Gasteiger partial charge in [-0.15, -0.1) is 23.1 Å². The number of rotatable bonds is 8. The molecule has 1 saturated heterocycles. The monoisotopic (exact) mass is 422 g/mol. The first-order valence-electron chi connectivity index (χ1n) is 10.1. The maximum absolute atomic E-state index is 12.3. The Morgan fingerprint density at radius 3 is 2.82 bits per heavy atom. The lowest BCUT2D eigenvalue weighted by atomic mass is 10.1. The summed E-state index contributed by atoms with van der Waals surface area (Å²) in [6, 6.07) is 0. The summed E-state index contributed by atoms with van der Waals surface area (Å²) in [4.78, 5) is 36.5. The van der Waals surface area contributed by atoms with Crippen molar-refractivity contribution in [3.05, 3.63) is 26.6 Å². The summed E-state index contributed by atoms with van der Waals surface area (Å²) >= 11 is 3.05. The van der Waals surface area contributed by atoms with E-state index < -0.39 is 0 Å². The van der Waals surface area contributed by atoms with Gasteiger partial charge in [0.25, 0.3) is 5.56 Å². The number of nitrogens with zero attached hydrogens (tertiary/aromatic N) is 2. The fraction of sp³-hybridized carbons (Fsp3) is 0.650. The lowest BCUT2D eigenvalue weighted by Crippen LogP contribution is -2.35. The number of hydrogen-bond acceptors (Lipinski definition) is 6. The Balaban J connectivity index is 1.44. The number of amides is 1. The number of nitrogens with one attached hydrogen (secondary N) is 2. The number of likely N-dealkylation sites (tertiary alicyclic amines) is 1. The van der Waals surface area contributed by atoms with Gasteiger partial charge >= 0.3 is 0 Å². The molecule has 1 unspecified atom stereocenters. The number of aromatic nitrogens is 2. The molecule has 2 aromatic heterocycles. The molecule has 8 heteroatoms. The van der Waals surface area contributed by atoms with Gasteiger partial charge in [0.1, 0.15) is 10.7 Å². The Bertz CT molecular complexity index is 871. The van der Waals surface area contributed by atoms with Gasteiger partial charge in [-0.2, -0.15) is 0 Å². The Morgan fingerprint density at radius 1 is 1.32 bits per heavy atom. The van der Waals surface area contributed by atoms with Gasteiger partial charge < -0.3 is 15.2 Å². The highest BCUT2D eigenvalue weighted by molar-refractivity contribution is 7.99. The zero-order valence-corrected chi connectivity index (χ0v) is 18.6. The fourth-order valence-electron chi connectivity index (χ4n) is 3.49. The minimum atomic E-state index is -0.178. The molecular formula is C20H30N4O2S2. The highest BCUT2D eigenvalue weighted by Crippen LogP contribution is 2.26. The van der Waals surface area contributed by atoms with Crippen LogP contribution >= 0.6 is 23.1 Å². The van der Waals surface area contributed by atoms with Crippen molar-refractivity contribution in [2.75, 3.05) is 26.2 Å². The van der Waals surface area contributed by atoms with Crippen molar-refractivity contribution in [3.8, 4) is 0 Å². The SMILES string of the molecule is Cc1sc2nc(CSC(C)C(=O)NCCCN3CCCCC3)[nH]c(=O)c2c1C. The Morgan fingerprint density at radius 2 is 2.07 bits per heavy atom. The number of thiophene rings is 1. The number of aromatic amines is 1. The molecule has 3 rings (SSSR count). The van der Waals surface area contributed by atoms with E-state index >= 15 is 0 Å². The van der Waals surface area contributed by atoms with E-state index in [0.717, 1.165) is 34.8 Å². The van der Waals surface area contributed by atoms with Crippen LogP contribution in [0.1, 0.15) is 48.9 Å². The molecular weight excluding hydrogens is 392 g/mol. The first-order chi connectivity index (χ1) is 13.5. The molecule has 6 nitrogen and oxygen atoms in total. The molecule has 0 saturated carbocycles. The highest BCUT2D eigenvalue weighted by Gasteiger charge is 2.16. The van der Waals surface area contributed by atoms with E-state index in [9.17, 15) is 9.59 Å². The van der Waals surface area contributed by atoms with Gasteiger partial charge in [0.15, 0.2) is 0 Å². The van der Waals surface area contributed by atoms with E-state index in [-0.39, 0.29) is 16.7 Å². The molecule has 0 spiro atoms. The lowest BCUT2D eigenvalue weighted by Gasteiger charge is -2.26. The summed E-state index contributed by atoms with van der Waals surface area (Å²) in [6.07, 6.45) is 4.94. The zero-order chi connectivity index (χ0) is 20.1. The third kappa shape index (κ3) is 5.36. The first kappa shape index (κ1) is 21.3. The minimum absolute atomic E-state index is 0.0508. The third-order valence-electron chi connectivity index (χ3n) is 5.33. The molecule has 0 radical (unpaired) electrons. The molecule has 1 amide bonds. The Labute approximate surface area is 174 Å². The van der Waals surface area contributed by atoms with Crippen LogP contribution in [0.2, 0.25) is 0 Å². The predicted molar refractivity (Wildman–Crippen MR) is 118 cm³/mol. The topological polar surface area (TPSA) is 78.1 Å². The molecule has 1 aliphatic heterocycles. The number of thioether (sulfide) groups is 1. The standard InChI is InChI=1S/C20H30N4O2S2/c1-13-14(2)28-20-17(13)19(26)22-16(23-20)12-27-15(3)18(25)21-8-7-11-24-9-5-4-6-10-24/h15H,4-12H2,1-3H3,(H,21,25)(H,22,23,26). The van der Waals surface area contributed by atoms with Gasteiger partial charge in [-0.1, -0.05) is 6.42 Å². The summed E-state index contributed by atoms with van der Waals surface area (Å²) < 4.78 is 0. The molecule has 28 heavy (non-hydrogen) atoms. The van der Waals surface area contributed by atoms with Crippen molar-refractivity contribution in [1.29, 1.82) is 0 Å². The quantitative estimate of drug-likeness (QED) is 0.639. The van der Waals surface area contributed by atoms with E-state index in [2.05, 4.69) is 20.2 Å². The van der Waals surface area contributed by atoms with Crippen LogP contribution in [0, 0.1) is 13.8 Å². The van der Waals surface area contributed by atoms with Crippen LogP contribution in [-0.2, 0) is 10.5 Å². The number of H-pyrrole nitrogens is 1. The van der Waals surface area contributed by atoms with Crippen LogP contribution in [0.15, 0.2) is 4.79 Å². The second-order valence-electron chi connectivity index (χ2n) is 7.48. The normalized spacial score (nSPS) is 16.4. The van der Waals surface area contributed by atoms with Crippen molar-refractivity contribution >= 4 is 39.2 Å². The van der Waals surface area contributed by atoms with E-state index in [1.165, 1.54) is 44.1 Å². The third-order valence-corrected chi connectivity index (χ3v) is 7.58.